The first kappa shape index (κ1) is 19.8. The molecule has 6 nitrogen and oxygen atoms in total. The third-order valence-corrected chi connectivity index (χ3v) is 4.83. The number of carbonyl (C=O) groups is 1. The van der Waals surface area contributed by atoms with E-state index < -0.39 is 16.1 Å². The first-order valence-electron chi connectivity index (χ1n) is 8.31. The molecule has 1 amide bonds. The van der Waals surface area contributed by atoms with Crippen molar-refractivity contribution in [1.29, 1.82) is 0 Å². The Bertz CT molecular complexity index is 834. The zero-order valence-corrected chi connectivity index (χ0v) is 16.2. The van der Waals surface area contributed by atoms with Gasteiger partial charge in [0.2, 0.25) is 15.9 Å². The molecule has 2 aromatic carbocycles. The number of amides is 1. The van der Waals surface area contributed by atoms with Gasteiger partial charge in [0.05, 0.1) is 11.9 Å². The number of hydrogen-bond acceptors (Lipinski definition) is 4. The highest BCUT2D eigenvalue weighted by atomic mass is 32.2. The maximum atomic E-state index is 12.3. The minimum atomic E-state index is -3.64. The second kappa shape index (κ2) is 8.23. The van der Waals surface area contributed by atoms with Crippen LogP contribution in [0.1, 0.15) is 20.8 Å². The number of hydrogen-bond donors (Lipinski definition) is 1. The highest BCUT2D eigenvalue weighted by molar-refractivity contribution is 7.92. The average molecular weight is 376 g/mol. The van der Waals surface area contributed by atoms with Crippen molar-refractivity contribution in [3.05, 3.63) is 54.6 Å². The van der Waals surface area contributed by atoms with Gasteiger partial charge in [-0.05, 0) is 57.2 Å². The second-order valence-electron chi connectivity index (χ2n) is 6.31. The van der Waals surface area contributed by atoms with E-state index in [2.05, 4.69) is 5.32 Å². The lowest BCUT2D eigenvalue weighted by Crippen LogP contribution is -2.49. The molecule has 0 saturated carbocycles. The van der Waals surface area contributed by atoms with Crippen LogP contribution in [0.25, 0.3) is 0 Å². The fraction of sp³-hybridized carbons (Fsp3) is 0.316. The number of nitrogens with zero attached hydrogens (tertiary/aromatic N) is 1. The topological polar surface area (TPSA) is 75.7 Å². The van der Waals surface area contributed by atoms with E-state index in [0.29, 0.717) is 17.2 Å². The molecule has 0 spiro atoms. The van der Waals surface area contributed by atoms with E-state index in [9.17, 15) is 13.2 Å². The molecular weight excluding hydrogens is 352 g/mol. The van der Waals surface area contributed by atoms with Gasteiger partial charge in [0.15, 0.2) is 0 Å². The number of anilines is 1. The highest BCUT2D eigenvalue weighted by Crippen LogP contribution is 2.26. The van der Waals surface area contributed by atoms with Gasteiger partial charge in [-0.1, -0.05) is 18.2 Å². The maximum Gasteiger partial charge on any atom is 0.243 e. The van der Waals surface area contributed by atoms with Gasteiger partial charge < -0.3 is 10.1 Å². The second-order valence-corrected chi connectivity index (χ2v) is 8.17. The van der Waals surface area contributed by atoms with E-state index in [4.69, 9.17) is 4.74 Å². The molecule has 0 saturated heterocycles. The number of rotatable bonds is 7. The van der Waals surface area contributed by atoms with Gasteiger partial charge in [-0.3, -0.25) is 9.10 Å². The smallest absolute Gasteiger partial charge is 0.243 e. The summed E-state index contributed by atoms with van der Waals surface area (Å²) >= 11 is 0. The fourth-order valence-corrected chi connectivity index (χ4v) is 3.67. The summed E-state index contributed by atoms with van der Waals surface area (Å²) in [5.41, 5.74) is 0.402. The van der Waals surface area contributed by atoms with Gasteiger partial charge in [-0.15, -0.1) is 0 Å². The number of benzene rings is 2. The molecule has 0 unspecified atom stereocenters. The number of ether oxygens (including phenoxy) is 1. The molecule has 140 valence electrons. The molecule has 2 aromatic rings. The average Bonchev–Trinajstić information content (AvgIpc) is 2.55. The minimum Gasteiger partial charge on any atom is -0.457 e. The maximum absolute atomic E-state index is 12.3. The van der Waals surface area contributed by atoms with Crippen LogP contribution in [0, 0.1) is 0 Å². The van der Waals surface area contributed by atoms with Crippen molar-refractivity contribution in [2.24, 2.45) is 0 Å². The summed E-state index contributed by atoms with van der Waals surface area (Å²) in [6.07, 6.45) is 1.08. The van der Waals surface area contributed by atoms with E-state index in [-0.39, 0.29) is 11.9 Å². The van der Waals surface area contributed by atoms with Crippen molar-refractivity contribution in [2.75, 3.05) is 10.6 Å². The quantitative estimate of drug-likeness (QED) is 0.805. The van der Waals surface area contributed by atoms with Crippen molar-refractivity contribution in [3.63, 3.8) is 0 Å². The Labute approximate surface area is 154 Å². The fourth-order valence-electron chi connectivity index (χ4n) is 2.50. The lowest BCUT2D eigenvalue weighted by molar-refractivity contribution is -0.122. The Morgan fingerprint density at radius 2 is 1.50 bits per heavy atom. The van der Waals surface area contributed by atoms with Crippen LogP contribution < -0.4 is 14.4 Å². The molecule has 0 heterocycles. The molecular formula is C19H24N2O4S. The number of sulfonamides is 1. The summed E-state index contributed by atoms with van der Waals surface area (Å²) < 4.78 is 31.3. The van der Waals surface area contributed by atoms with Crippen molar-refractivity contribution in [1.82, 2.24) is 5.32 Å². The third kappa shape index (κ3) is 5.23. The van der Waals surface area contributed by atoms with Crippen LogP contribution in [0.5, 0.6) is 11.5 Å². The lowest BCUT2D eigenvalue weighted by Gasteiger charge is -2.29. The van der Waals surface area contributed by atoms with Crippen LogP contribution in [-0.4, -0.2) is 32.7 Å². The van der Waals surface area contributed by atoms with Gasteiger partial charge in [0.1, 0.15) is 17.5 Å². The largest absolute Gasteiger partial charge is 0.457 e. The minimum absolute atomic E-state index is 0.0759. The highest BCUT2D eigenvalue weighted by Gasteiger charge is 2.29. The molecule has 0 bridgehead atoms. The molecule has 26 heavy (non-hydrogen) atoms. The van der Waals surface area contributed by atoms with Gasteiger partial charge in [-0.25, -0.2) is 8.42 Å². The van der Waals surface area contributed by atoms with Crippen LogP contribution in [-0.2, 0) is 14.8 Å². The van der Waals surface area contributed by atoms with Crippen LogP contribution >= 0.6 is 0 Å². The van der Waals surface area contributed by atoms with Crippen LogP contribution in [0.4, 0.5) is 5.69 Å². The molecule has 1 atom stereocenters. The van der Waals surface area contributed by atoms with Crippen molar-refractivity contribution >= 4 is 21.6 Å². The first-order valence-corrected chi connectivity index (χ1v) is 10.2. The van der Waals surface area contributed by atoms with Gasteiger partial charge >= 0.3 is 0 Å². The number of nitrogens with one attached hydrogen (secondary N) is 1. The van der Waals surface area contributed by atoms with Gasteiger partial charge in [0.25, 0.3) is 0 Å². The first-order chi connectivity index (χ1) is 12.2. The molecule has 0 aliphatic heterocycles. The van der Waals surface area contributed by atoms with Crippen LogP contribution in [0.2, 0.25) is 0 Å². The summed E-state index contributed by atoms with van der Waals surface area (Å²) in [5, 5.41) is 2.74. The number of carbonyl (C=O) groups excluding carboxylic acids is 1. The predicted molar refractivity (Wildman–Crippen MR) is 103 cm³/mol. The summed E-state index contributed by atoms with van der Waals surface area (Å²) in [6.45, 7) is 5.21. The van der Waals surface area contributed by atoms with E-state index in [1.807, 2.05) is 44.2 Å². The van der Waals surface area contributed by atoms with Crippen molar-refractivity contribution in [3.8, 4) is 11.5 Å². The zero-order valence-electron chi connectivity index (χ0n) is 15.3. The Hall–Kier alpha value is -2.54. The number of para-hydroxylation sites is 1. The van der Waals surface area contributed by atoms with E-state index in [1.165, 1.54) is 0 Å². The molecule has 7 heteroatoms. The Kier molecular flexibility index (Phi) is 6.26. The summed E-state index contributed by atoms with van der Waals surface area (Å²) in [4.78, 5) is 12.3. The predicted octanol–water partition coefficient (Wildman–Crippen LogP) is 3.16. The molecule has 0 radical (unpaired) electrons. The SMILES string of the molecule is CC(C)NC(=O)[C@@H](C)N(c1ccc(Oc2ccccc2)cc1)S(C)(=O)=O. The molecule has 0 aliphatic carbocycles. The Balaban J connectivity index is 2.25. The Morgan fingerprint density at radius 3 is 2.00 bits per heavy atom. The standard InChI is InChI=1S/C19H24N2O4S/c1-14(2)20-19(22)15(3)21(26(4,23)24)16-10-12-18(13-11-16)25-17-8-6-5-7-9-17/h5-15H,1-4H3,(H,20,22)/t15-/m1/s1. The molecule has 0 fully saturated rings. The monoisotopic (exact) mass is 376 g/mol. The molecule has 0 aliphatic rings. The van der Waals surface area contributed by atoms with Gasteiger partial charge in [0, 0.05) is 6.04 Å². The van der Waals surface area contributed by atoms with E-state index >= 15 is 0 Å². The van der Waals surface area contributed by atoms with Gasteiger partial charge in [-0.2, -0.15) is 0 Å². The van der Waals surface area contributed by atoms with Crippen LogP contribution in [0.15, 0.2) is 54.6 Å². The van der Waals surface area contributed by atoms with Crippen LogP contribution in [0.3, 0.4) is 0 Å². The molecule has 2 rings (SSSR count). The zero-order chi connectivity index (χ0) is 19.3. The molecule has 1 N–H and O–H groups in total. The lowest BCUT2D eigenvalue weighted by atomic mass is 10.2. The summed E-state index contributed by atoms with van der Waals surface area (Å²) in [5.74, 6) is 0.910. The van der Waals surface area contributed by atoms with Crippen molar-refractivity contribution < 1.29 is 17.9 Å². The summed E-state index contributed by atoms with van der Waals surface area (Å²) in [7, 11) is -3.64. The normalized spacial score (nSPS) is 12.5. The van der Waals surface area contributed by atoms with E-state index in [1.54, 1.807) is 31.2 Å². The van der Waals surface area contributed by atoms with E-state index in [0.717, 1.165) is 10.6 Å². The third-order valence-electron chi connectivity index (χ3n) is 3.59. The van der Waals surface area contributed by atoms with Crippen molar-refractivity contribution in [2.45, 2.75) is 32.9 Å². The Morgan fingerprint density at radius 1 is 0.962 bits per heavy atom. The summed E-state index contributed by atoms with van der Waals surface area (Å²) in [6, 6.07) is 14.9. The molecule has 0 aromatic heterocycles.